The monoisotopic (exact) mass is 500 g/mol. The molecule has 182 valence electrons. The number of nitrogens with two attached hydrogens (primary N) is 1. The molecule has 2 heterocycles. The highest BCUT2D eigenvalue weighted by atomic mass is 35.5. The minimum absolute atomic E-state index is 0.0733. The number of benzene rings is 2. The lowest BCUT2D eigenvalue weighted by Gasteiger charge is -2.29. The Morgan fingerprint density at radius 3 is 2.69 bits per heavy atom. The van der Waals surface area contributed by atoms with Gasteiger partial charge in [0.1, 0.15) is 29.3 Å². The fourth-order valence-electron chi connectivity index (χ4n) is 3.90. The van der Waals surface area contributed by atoms with E-state index in [1.807, 2.05) is 6.07 Å². The predicted octanol–water partition coefficient (Wildman–Crippen LogP) is 4.58. The second-order valence-corrected chi connectivity index (χ2v) is 8.92. The molecule has 3 N–H and O–H groups in total. The summed E-state index contributed by atoms with van der Waals surface area (Å²) in [4.78, 5) is 16.4. The molecule has 0 bridgehead atoms. The number of para-hydroxylation sites is 1. The SMILES string of the molecule is Cc1cc(-n2cc(F)cn2)c2cccc(OCc3c(Cl)cc(F)cc3[C@H](C)C(C)(O)C(N)=O)c2n1. The van der Waals surface area contributed by atoms with Crippen molar-refractivity contribution in [1.82, 2.24) is 14.8 Å². The molecule has 0 aliphatic rings. The van der Waals surface area contributed by atoms with Crippen LogP contribution in [0.2, 0.25) is 5.02 Å². The normalized spacial score (nSPS) is 14.0. The predicted molar refractivity (Wildman–Crippen MR) is 128 cm³/mol. The zero-order valence-electron chi connectivity index (χ0n) is 19.2. The van der Waals surface area contributed by atoms with Crippen molar-refractivity contribution in [1.29, 1.82) is 0 Å². The first kappa shape index (κ1) is 24.6. The maximum atomic E-state index is 14.2. The van der Waals surface area contributed by atoms with Gasteiger partial charge >= 0.3 is 0 Å². The molecule has 0 radical (unpaired) electrons. The van der Waals surface area contributed by atoms with Gasteiger partial charge in [-0.3, -0.25) is 4.79 Å². The number of aromatic nitrogens is 3. The first-order valence-corrected chi connectivity index (χ1v) is 11.1. The highest BCUT2D eigenvalue weighted by Gasteiger charge is 2.37. The zero-order valence-corrected chi connectivity index (χ0v) is 20.0. The molecule has 2 aromatic carbocycles. The van der Waals surface area contributed by atoms with Gasteiger partial charge in [0.2, 0.25) is 5.91 Å². The molecular formula is C25H23ClF2N4O3. The molecule has 0 aliphatic heterocycles. The molecule has 0 saturated heterocycles. The number of hydrogen-bond donors (Lipinski definition) is 2. The molecule has 4 aromatic rings. The lowest BCUT2D eigenvalue weighted by molar-refractivity contribution is -0.136. The molecular weight excluding hydrogens is 478 g/mol. The number of ether oxygens (including phenoxy) is 1. The number of rotatable bonds is 7. The summed E-state index contributed by atoms with van der Waals surface area (Å²) in [5, 5.41) is 15.4. The largest absolute Gasteiger partial charge is 0.487 e. The average Bonchev–Trinajstić information content (AvgIpc) is 3.23. The summed E-state index contributed by atoms with van der Waals surface area (Å²) in [6.45, 7) is 4.51. The van der Waals surface area contributed by atoms with Gasteiger partial charge in [0.25, 0.3) is 0 Å². The van der Waals surface area contributed by atoms with Crippen molar-refractivity contribution in [3.05, 3.63) is 82.3 Å². The number of aliphatic hydroxyl groups is 1. The van der Waals surface area contributed by atoms with Crippen LogP contribution in [-0.2, 0) is 11.4 Å². The van der Waals surface area contributed by atoms with Crippen molar-refractivity contribution in [3.63, 3.8) is 0 Å². The fourth-order valence-corrected chi connectivity index (χ4v) is 4.16. The van der Waals surface area contributed by atoms with Crippen molar-refractivity contribution in [2.75, 3.05) is 0 Å². The van der Waals surface area contributed by atoms with Gasteiger partial charge < -0.3 is 15.6 Å². The molecule has 2 aromatic heterocycles. The smallest absolute Gasteiger partial charge is 0.249 e. The lowest BCUT2D eigenvalue weighted by atomic mass is 9.82. The quantitative estimate of drug-likeness (QED) is 0.386. The molecule has 0 saturated carbocycles. The van der Waals surface area contributed by atoms with Gasteiger partial charge in [0.05, 0.1) is 23.1 Å². The summed E-state index contributed by atoms with van der Waals surface area (Å²) < 4.78 is 35.3. The summed E-state index contributed by atoms with van der Waals surface area (Å²) in [5.74, 6) is -2.52. The van der Waals surface area contributed by atoms with E-state index in [-0.39, 0.29) is 17.2 Å². The minimum Gasteiger partial charge on any atom is -0.487 e. The molecule has 4 rings (SSSR count). The fraction of sp³-hybridized carbons (Fsp3) is 0.240. The molecule has 0 fully saturated rings. The first-order valence-electron chi connectivity index (χ1n) is 10.7. The summed E-state index contributed by atoms with van der Waals surface area (Å²) in [7, 11) is 0. The van der Waals surface area contributed by atoms with Crippen LogP contribution < -0.4 is 10.5 Å². The highest BCUT2D eigenvalue weighted by molar-refractivity contribution is 6.31. The number of carbonyl (C=O) groups is 1. The number of pyridine rings is 1. The third-order valence-corrected chi connectivity index (χ3v) is 6.42. The van der Waals surface area contributed by atoms with Gasteiger partial charge in [-0.15, -0.1) is 0 Å². The first-order chi connectivity index (χ1) is 16.5. The Hall–Kier alpha value is -3.56. The van der Waals surface area contributed by atoms with Crippen LogP contribution >= 0.6 is 11.6 Å². The lowest BCUT2D eigenvalue weighted by Crippen LogP contribution is -2.45. The van der Waals surface area contributed by atoms with Crippen LogP contribution in [0.15, 0.2) is 48.8 Å². The highest BCUT2D eigenvalue weighted by Crippen LogP contribution is 2.36. The minimum atomic E-state index is -1.95. The summed E-state index contributed by atoms with van der Waals surface area (Å²) in [6, 6.07) is 9.38. The van der Waals surface area contributed by atoms with E-state index < -0.39 is 29.1 Å². The molecule has 2 atom stereocenters. The van der Waals surface area contributed by atoms with E-state index in [0.717, 1.165) is 12.3 Å². The third-order valence-electron chi connectivity index (χ3n) is 6.08. The molecule has 7 nitrogen and oxygen atoms in total. The zero-order chi connectivity index (χ0) is 25.5. The van der Waals surface area contributed by atoms with Crippen molar-refractivity contribution in [3.8, 4) is 11.4 Å². The van der Waals surface area contributed by atoms with Crippen LogP contribution in [0.1, 0.15) is 36.6 Å². The number of halogens is 3. The van der Waals surface area contributed by atoms with Crippen LogP contribution in [0.3, 0.4) is 0 Å². The van der Waals surface area contributed by atoms with Gasteiger partial charge in [0, 0.05) is 22.6 Å². The number of amides is 1. The van der Waals surface area contributed by atoms with Gasteiger partial charge in [-0.05, 0) is 43.7 Å². The molecule has 1 unspecified atom stereocenters. The van der Waals surface area contributed by atoms with Gasteiger partial charge in [-0.1, -0.05) is 30.7 Å². The summed E-state index contributed by atoms with van der Waals surface area (Å²) in [6.07, 6.45) is 2.38. The van der Waals surface area contributed by atoms with E-state index in [1.54, 1.807) is 32.0 Å². The van der Waals surface area contributed by atoms with Gasteiger partial charge in [-0.2, -0.15) is 5.10 Å². The number of fused-ring (bicyclic) bond motifs is 1. The standard InChI is InChI=1S/C25H23ClF2N4O3/c1-13-7-21(32-11-16(28)10-30-32)17-5-4-6-22(23(17)31-13)35-12-19-18(8-15(27)9-20(19)26)14(2)25(3,34)24(29)33/h4-11,14,34H,12H2,1-3H3,(H2,29,33)/t14-,25?/m0/s1. The Kier molecular flexibility index (Phi) is 6.48. The molecule has 0 spiro atoms. The Balaban J connectivity index is 1.76. The molecule has 35 heavy (non-hydrogen) atoms. The second kappa shape index (κ2) is 9.24. The van der Waals surface area contributed by atoms with E-state index in [9.17, 15) is 18.7 Å². The molecule has 0 aliphatic carbocycles. The number of hydrogen-bond acceptors (Lipinski definition) is 5. The van der Waals surface area contributed by atoms with Gasteiger partial charge in [0.15, 0.2) is 5.82 Å². The van der Waals surface area contributed by atoms with Crippen LogP contribution in [0.4, 0.5) is 8.78 Å². The van der Waals surface area contributed by atoms with Crippen molar-refractivity contribution in [2.45, 2.75) is 38.9 Å². The average molecular weight is 501 g/mol. The van der Waals surface area contributed by atoms with E-state index >= 15 is 0 Å². The second-order valence-electron chi connectivity index (χ2n) is 8.52. The topological polar surface area (TPSA) is 103 Å². The van der Waals surface area contributed by atoms with E-state index in [2.05, 4.69) is 10.1 Å². The Morgan fingerprint density at radius 2 is 2.03 bits per heavy atom. The maximum absolute atomic E-state index is 14.2. The number of aryl methyl sites for hydroxylation is 1. The van der Waals surface area contributed by atoms with Gasteiger partial charge in [-0.25, -0.2) is 18.4 Å². The van der Waals surface area contributed by atoms with E-state index in [1.165, 1.54) is 23.9 Å². The molecule has 1 amide bonds. The number of nitrogens with zero attached hydrogens (tertiary/aromatic N) is 3. The Morgan fingerprint density at radius 1 is 1.29 bits per heavy atom. The maximum Gasteiger partial charge on any atom is 0.249 e. The van der Waals surface area contributed by atoms with Crippen LogP contribution in [0, 0.1) is 18.6 Å². The van der Waals surface area contributed by atoms with Crippen molar-refractivity contribution >= 4 is 28.4 Å². The van der Waals surface area contributed by atoms with Crippen LogP contribution in [0.5, 0.6) is 5.75 Å². The Bertz CT molecular complexity index is 1440. The number of primary amides is 1. The van der Waals surface area contributed by atoms with Crippen LogP contribution in [0.25, 0.3) is 16.6 Å². The third kappa shape index (κ3) is 4.69. The Labute approximate surface area is 205 Å². The van der Waals surface area contributed by atoms with Crippen molar-refractivity contribution < 1.29 is 23.4 Å². The van der Waals surface area contributed by atoms with E-state index in [0.29, 0.717) is 33.6 Å². The summed E-state index contributed by atoms with van der Waals surface area (Å²) in [5.41, 5.74) is 5.87. The summed E-state index contributed by atoms with van der Waals surface area (Å²) >= 11 is 6.35. The number of carbonyl (C=O) groups excluding carboxylic acids is 1. The van der Waals surface area contributed by atoms with E-state index in [4.69, 9.17) is 22.1 Å². The molecule has 10 heteroatoms. The van der Waals surface area contributed by atoms with Crippen molar-refractivity contribution in [2.24, 2.45) is 5.73 Å². The van der Waals surface area contributed by atoms with Crippen LogP contribution in [-0.4, -0.2) is 31.4 Å².